The summed E-state index contributed by atoms with van der Waals surface area (Å²) >= 11 is 0. The molecule has 1 aliphatic rings. The minimum atomic E-state index is 0.0794. The first-order chi connectivity index (χ1) is 8.56. The molecular weight excluding hydrogens is 222 g/mol. The molecular formula is C16H25NO. The van der Waals surface area contributed by atoms with Crippen molar-refractivity contribution in [3.05, 3.63) is 34.9 Å². The van der Waals surface area contributed by atoms with Crippen molar-refractivity contribution in [3.8, 4) is 0 Å². The summed E-state index contributed by atoms with van der Waals surface area (Å²) < 4.78 is 5.66. The summed E-state index contributed by atoms with van der Waals surface area (Å²) in [5, 5.41) is 0. The molecule has 0 bridgehead atoms. The summed E-state index contributed by atoms with van der Waals surface area (Å²) in [4.78, 5) is 0. The number of hydrogen-bond acceptors (Lipinski definition) is 2. The number of ether oxygens (including phenoxy) is 1. The summed E-state index contributed by atoms with van der Waals surface area (Å²) in [6, 6.07) is 6.65. The fraction of sp³-hybridized carbons (Fsp3) is 0.625. The fourth-order valence-electron chi connectivity index (χ4n) is 3.05. The van der Waals surface area contributed by atoms with Gasteiger partial charge in [0.25, 0.3) is 0 Å². The molecule has 0 amide bonds. The van der Waals surface area contributed by atoms with E-state index < -0.39 is 0 Å². The standard InChI is InChI=1S/C16H25NO/c1-12-6-4-7-13(2)15(12)10-14(17)11-16(18-3)8-5-9-16/h4,6-7,14H,5,8-11,17H2,1-3H3. The van der Waals surface area contributed by atoms with Crippen LogP contribution < -0.4 is 5.73 Å². The molecule has 1 saturated carbocycles. The molecule has 1 fully saturated rings. The van der Waals surface area contributed by atoms with E-state index in [9.17, 15) is 0 Å². The molecule has 2 N–H and O–H groups in total. The first kappa shape index (κ1) is 13.6. The molecule has 2 rings (SSSR count). The number of rotatable bonds is 5. The average molecular weight is 247 g/mol. The van der Waals surface area contributed by atoms with Crippen LogP contribution in [0.25, 0.3) is 0 Å². The fourth-order valence-corrected chi connectivity index (χ4v) is 3.05. The van der Waals surface area contributed by atoms with E-state index in [0.717, 1.165) is 12.8 Å². The molecule has 2 heteroatoms. The summed E-state index contributed by atoms with van der Waals surface area (Å²) in [6.45, 7) is 4.34. The largest absolute Gasteiger partial charge is 0.378 e. The first-order valence-electron chi connectivity index (χ1n) is 6.92. The van der Waals surface area contributed by atoms with Gasteiger partial charge in [-0.25, -0.2) is 0 Å². The third-order valence-corrected chi connectivity index (χ3v) is 4.44. The molecule has 1 aliphatic carbocycles. The highest BCUT2D eigenvalue weighted by Gasteiger charge is 2.38. The van der Waals surface area contributed by atoms with Gasteiger partial charge in [-0.05, 0) is 62.6 Å². The Morgan fingerprint density at radius 2 is 1.89 bits per heavy atom. The van der Waals surface area contributed by atoms with Crippen molar-refractivity contribution in [2.45, 2.75) is 57.6 Å². The lowest BCUT2D eigenvalue weighted by Gasteiger charge is -2.42. The molecule has 1 unspecified atom stereocenters. The predicted molar refractivity (Wildman–Crippen MR) is 75.8 cm³/mol. The van der Waals surface area contributed by atoms with Crippen molar-refractivity contribution >= 4 is 0 Å². The van der Waals surface area contributed by atoms with E-state index >= 15 is 0 Å². The summed E-state index contributed by atoms with van der Waals surface area (Å²) in [6.07, 6.45) is 5.57. The van der Waals surface area contributed by atoms with Crippen LogP contribution in [0.2, 0.25) is 0 Å². The number of aryl methyl sites for hydroxylation is 2. The molecule has 100 valence electrons. The lowest BCUT2D eigenvalue weighted by molar-refractivity contribution is -0.0813. The SMILES string of the molecule is COC1(CC(N)Cc2c(C)cccc2C)CCC1. The maximum Gasteiger partial charge on any atom is 0.0693 e. The average Bonchev–Trinajstić information content (AvgIpc) is 2.29. The van der Waals surface area contributed by atoms with Gasteiger partial charge < -0.3 is 10.5 Å². The van der Waals surface area contributed by atoms with Gasteiger partial charge in [0, 0.05) is 13.2 Å². The van der Waals surface area contributed by atoms with Crippen LogP contribution in [-0.2, 0) is 11.2 Å². The maximum atomic E-state index is 6.33. The van der Waals surface area contributed by atoms with E-state index in [2.05, 4.69) is 32.0 Å². The van der Waals surface area contributed by atoms with Crippen LogP contribution in [0.15, 0.2) is 18.2 Å². The molecule has 0 aromatic heterocycles. The van der Waals surface area contributed by atoms with Gasteiger partial charge in [-0.3, -0.25) is 0 Å². The van der Waals surface area contributed by atoms with E-state index in [0.29, 0.717) is 0 Å². The highest BCUT2D eigenvalue weighted by atomic mass is 16.5. The predicted octanol–water partition coefficient (Wildman–Crippen LogP) is 3.13. The van der Waals surface area contributed by atoms with Crippen molar-refractivity contribution in [1.29, 1.82) is 0 Å². The van der Waals surface area contributed by atoms with Crippen LogP contribution in [0.4, 0.5) is 0 Å². The van der Waals surface area contributed by atoms with E-state index in [4.69, 9.17) is 10.5 Å². The van der Waals surface area contributed by atoms with E-state index in [1.165, 1.54) is 36.0 Å². The summed E-state index contributed by atoms with van der Waals surface area (Å²) in [7, 11) is 1.82. The monoisotopic (exact) mass is 247 g/mol. The molecule has 1 atom stereocenters. The number of hydrogen-bond donors (Lipinski definition) is 1. The van der Waals surface area contributed by atoms with Crippen molar-refractivity contribution in [1.82, 2.24) is 0 Å². The molecule has 2 nitrogen and oxygen atoms in total. The van der Waals surface area contributed by atoms with Crippen LogP contribution >= 0.6 is 0 Å². The molecule has 18 heavy (non-hydrogen) atoms. The van der Waals surface area contributed by atoms with Crippen molar-refractivity contribution in [2.75, 3.05) is 7.11 Å². The zero-order valence-electron chi connectivity index (χ0n) is 11.8. The Morgan fingerprint density at radius 3 is 2.33 bits per heavy atom. The molecule has 0 saturated heterocycles. The molecule has 0 radical (unpaired) electrons. The Bertz CT molecular complexity index is 384. The lowest BCUT2D eigenvalue weighted by Crippen LogP contribution is -2.45. The molecule has 0 heterocycles. The quantitative estimate of drug-likeness (QED) is 0.867. The zero-order valence-corrected chi connectivity index (χ0v) is 11.8. The molecule has 1 aromatic rings. The highest BCUT2D eigenvalue weighted by Crippen LogP contribution is 2.39. The Hall–Kier alpha value is -0.860. The lowest BCUT2D eigenvalue weighted by atomic mass is 9.75. The van der Waals surface area contributed by atoms with Gasteiger partial charge in [-0.15, -0.1) is 0 Å². The van der Waals surface area contributed by atoms with Gasteiger partial charge >= 0.3 is 0 Å². The smallest absolute Gasteiger partial charge is 0.0693 e. The number of benzene rings is 1. The van der Waals surface area contributed by atoms with E-state index in [1.807, 2.05) is 7.11 Å². The summed E-state index contributed by atoms with van der Waals surface area (Å²) in [5.41, 5.74) is 10.5. The van der Waals surface area contributed by atoms with Crippen molar-refractivity contribution in [2.24, 2.45) is 5.73 Å². The van der Waals surface area contributed by atoms with Gasteiger partial charge in [0.05, 0.1) is 5.60 Å². The maximum absolute atomic E-state index is 6.33. The second kappa shape index (κ2) is 5.41. The Morgan fingerprint density at radius 1 is 1.28 bits per heavy atom. The Kier molecular flexibility index (Phi) is 4.08. The van der Waals surface area contributed by atoms with Crippen molar-refractivity contribution < 1.29 is 4.74 Å². The second-order valence-electron chi connectivity index (χ2n) is 5.78. The molecule has 1 aromatic carbocycles. The number of methoxy groups -OCH3 is 1. The zero-order chi connectivity index (χ0) is 13.2. The van der Waals surface area contributed by atoms with Crippen LogP contribution in [0.1, 0.15) is 42.4 Å². The number of nitrogens with two attached hydrogens (primary N) is 1. The summed E-state index contributed by atoms with van der Waals surface area (Å²) in [5.74, 6) is 0. The Balaban J connectivity index is 2.01. The third kappa shape index (κ3) is 2.76. The van der Waals surface area contributed by atoms with Crippen LogP contribution in [-0.4, -0.2) is 18.8 Å². The molecule has 0 aliphatic heterocycles. The van der Waals surface area contributed by atoms with E-state index in [-0.39, 0.29) is 11.6 Å². The van der Waals surface area contributed by atoms with Gasteiger partial charge in [-0.1, -0.05) is 18.2 Å². The molecule has 0 spiro atoms. The van der Waals surface area contributed by atoms with Gasteiger partial charge in [0.15, 0.2) is 0 Å². The third-order valence-electron chi connectivity index (χ3n) is 4.44. The van der Waals surface area contributed by atoms with Crippen LogP contribution in [0.5, 0.6) is 0 Å². The van der Waals surface area contributed by atoms with Crippen LogP contribution in [0, 0.1) is 13.8 Å². The Labute approximate surface area is 111 Å². The minimum Gasteiger partial charge on any atom is -0.378 e. The first-order valence-corrected chi connectivity index (χ1v) is 6.92. The van der Waals surface area contributed by atoms with Gasteiger partial charge in [0.1, 0.15) is 0 Å². The van der Waals surface area contributed by atoms with E-state index in [1.54, 1.807) is 0 Å². The van der Waals surface area contributed by atoms with Gasteiger partial charge in [0.2, 0.25) is 0 Å². The van der Waals surface area contributed by atoms with Gasteiger partial charge in [-0.2, -0.15) is 0 Å². The highest BCUT2D eigenvalue weighted by molar-refractivity contribution is 5.34. The second-order valence-corrected chi connectivity index (χ2v) is 5.78. The van der Waals surface area contributed by atoms with Crippen LogP contribution in [0.3, 0.4) is 0 Å². The van der Waals surface area contributed by atoms with Crippen molar-refractivity contribution in [3.63, 3.8) is 0 Å². The normalized spacial score (nSPS) is 19.3. The topological polar surface area (TPSA) is 35.2 Å². The minimum absolute atomic E-state index is 0.0794.